The van der Waals surface area contributed by atoms with E-state index in [4.69, 9.17) is 5.73 Å². The van der Waals surface area contributed by atoms with E-state index in [1.54, 1.807) is 12.5 Å². The van der Waals surface area contributed by atoms with Crippen LogP contribution in [0.15, 0.2) is 41.9 Å². The predicted octanol–water partition coefficient (Wildman–Crippen LogP) is 1.08. The minimum atomic E-state index is -0.689. The van der Waals surface area contributed by atoms with Crippen molar-refractivity contribution >= 4 is 12.2 Å². The molecule has 0 aliphatic rings. The summed E-state index contributed by atoms with van der Waals surface area (Å²) in [5.74, 6) is 0. The summed E-state index contributed by atoms with van der Waals surface area (Å²) in [6.45, 7) is 0. The summed E-state index contributed by atoms with van der Waals surface area (Å²) < 4.78 is 0. The number of H-pyrrole nitrogens is 1. The van der Waals surface area contributed by atoms with Gasteiger partial charge in [-0.2, -0.15) is 5.10 Å². The summed E-state index contributed by atoms with van der Waals surface area (Å²) in [6, 6.07) is 6.94. The number of benzene rings is 1. The topological polar surface area (TPSA) is 96.2 Å². The third kappa shape index (κ3) is 2.91. The van der Waals surface area contributed by atoms with Crippen molar-refractivity contribution in [1.29, 1.82) is 0 Å². The van der Waals surface area contributed by atoms with Crippen molar-refractivity contribution in [2.45, 2.75) is 0 Å². The number of aromatic nitrogens is 2. The zero-order valence-corrected chi connectivity index (χ0v) is 8.92. The highest BCUT2D eigenvalue weighted by Gasteiger charge is 1.98. The number of carbonyl (C=O) groups excluding carboxylic acids is 1. The van der Waals surface area contributed by atoms with Gasteiger partial charge in [0.15, 0.2) is 0 Å². The van der Waals surface area contributed by atoms with Crippen LogP contribution >= 0.6 is 0 Å². The van der Waals surface area contributed by atoms with Crippen molar-refractivity contribution in [3.8, 4) is 11.3 Å². The summed E-state index contributed by atoms with van der Waals surface area (Å²) in [4.78, 5) is 17.4. The number of hydrogen-bond donors (Lipinski definition) is 3. The Balaban J connectivity index is 2.17. The Morgan fingerprint density at radius 2 is 2.41 bits per heavy atom. The van der Waals surface area contributed by atoms with Gasteiger partial charge in [0, 0.05) is 5.56 Å². The van der Waals surface area contributed by atoms with Gasteiger partial charge in [-0.25, -0.2) is 15.2 Å². The SMILES string of the molecule is NC(=O)NN=Cc1cccc(-c2cnc[nH]2)c1. The number of hydrazone groups is 1. The second-order valence-corrected chi connectivity index (χ2v) is 3.32. The van der Waals surface area contributed by atoms with Crippen LogP contribution in [0.1, 0.15) is 5.56 Å². The maximum atomic E-state index is 10.4. The molecule has 1 aromatic carbocycles. The average molecular weight is 229 g/mol. The molecule has 6 nitrogen and oxygen atoms in total. The smallest absolute Gasteiger partial charge is 0.332 e. The van der Waals surface area contributed by atoms with E-state index >= 15 is 0 Å². The Morgan fingerprint density at radius 1 is 1.53 bits per heavy atom. The van der Waals surface area contributed by atoms with E-state index in [-0.39, 0.29) is 0 Å². The summed E-state index contributed by atoms with van der Waals surface area (Å²) >= 11 is 0. The minimum absolute atomic E-state index is 0.689. The lowest BCUT2D eigenvalue weighted by molar-refractivity contribution is 0.249. The molecule has 4 N–H and O–H groups in total. The summed E-state index contributed by atoms with van der Waals surface area (Å²) in [7, 11) is 0. The second-order valence-electron chi connectivity index (χ2n) is 3.32. The van der Waals surface area contributed by atoms with Gasteiger partial charge < -0.3 is 10.7 Å². The van der Waals surface area contributed by atoms with Crippen molar-refractivity contribution in [3.05, 3.63) is 42.4 Å². The third-order valence-corrected chi connectivity index (χ3v) is 2.08. The molecular weight excluding hydrogens is 218 g/mol. The number of primary amides is 1. The molecule has 17 heavy (non-hydrogen) atoms. The zero-order valence-electron chi connectivity index (χ0n) is 8.92. The fourth-order valence-corrected chi connectivity index (χ4v) is 1.37. The summed E-state index contributed by atoms with van der Waals surface area (Å²) in [6.07, 6.45) is 4.87. The van der Waals surface area contributed by atoms with Crippen LogP contribution in [0.5, 0.6) is 0 Å². The number of imidazole rings is 1. The number of rotatable bonds is 3. The molecular formula is C11H11N5O. The first-order chi connectivity index (χ1) is 8.25. The van der Waals surface area contributed by atoms with E-state index < -0.39 is 6.03 Å². The van der Waals surface area contributed by atoms with E-state index in [1.165, 1.54) is 6.21 Å². The lowest BCUT2D eigenvalue weighted by Gasteiger charge is -1.99. The van der Waals surface area contributed by atoms with Crippen LogP contribution in [0.4, 0.5) is 4.79 Å². The van der Waals surface area contributed by atoms with Crippen molar-refractivity contribution in [1.82, 2.24) is 15.4 Å². The van der Waals surface area contributed by atoms with Crippen molar-refractivity contribution in [3.63, 3.8) is 0 Å². The highest BCUT2D eigenvalue weighted by molar-refractivity contribution is 5.83. The fraction of sp³-hybridized carbons (Fsp3) is 0. The number of hydrogen-bond acceptors (Lipinski definition) is 3. The normalized spacial score (nSPS) is 10.6. The molecule has 2 rings (SSSR count). The quantitative estimate of drug-likeness (QED) is 0.542. The van der Waals surface area contributed by atoms with Gasteiger partial charge in [0.2, 0.25) is 0 Å². The molecule has 0 fully saturated rings. The monoisotopic (exact) mass is 229 g/mol. The Bertz CT molecular complexity index is 533. The summed E-state index contributed by atoms with van der Waals surface area (Å²) in [5, 5.41) is 3.69. The van der Waals surface area contributed by atoms with Crippen LogP contribution in [-0.4, -0.2) is 22.2 Å². The van der Waals surface area contributed by atoms with Gasteiger partial charge in [-0.15, -0.1) is 0 Å². The first-order valence-electron chi connectivity index (χ1n) is 4.93. The first kappa shape index (κ1) is 10.9. The number of nitrogens with two attached hydrogens (primary N) is 1. The largest absolute Gasteiger partial charge is 0.350 e. The third-order valence-electron chi connectivity index (χ3n) is 2.08. The second kappa shape index (κ2) is 4.93. The van der Waals surface area contributed by atoms with Gasteiger partial charge in [-0.3, -0.25) is 0 Å². The van der Waals surface area contributed by atoms with E-state index in [2.05, 4.69) is 20.5 Å². The highest BCUT2D eigenvalue weighted by Crippen LogP contribution is 2.16. The van der Waals surface area contributed by atoms with E-state index in [0.717, 1.165) is 16.8 Å². The van der Waals surface area contributed by atoms with E-state index in [9.17, 15) is 4.79 Å². The van der Waals surface area contributed by atoms with Crippen LogP contribution in [0.25, 0.3) is 11.3 Å². The van der Waals surface area contributed by atoms with Crippen LogP contribution in [0.3, 0.4) is 0 Å². The van der Waals surface area contributed by atoms with Crippen molar-refractivity contribution in [2.75, 3.05) is 0 Å². The Hall–Kier alpha value is -2.63. The molecule has 0 saturated heterocycles. The molecule has 1 heterocycles. The molecule has 2 aromatic rings. The van der Waals surface area contributed by atoms with Gasteiger partial charge in [0.25, 0.3) is 0 Å². The number of urea groups is 1. The average Bonchev–Trinajstić information content (AvgIpc) is 2.82. The van der Waals surface area contributed by atoms with E-state index in [0.29, 0.717) is 0 Å². The number of nitrogens with one attached hydrogen (secondary N) is 2. The number of nitrogens with zero attached hydrogens (tertiary/aromatic N) is 2. The molecule has 0 radical (unpaired) electrons. The zero-order chi connectivity index (χ0) is 12.1. The van der Waals surface area contributed by atoms with Crippen molar-refractivity contribution in [2.24, 2.45) is 10.8 Å². The Kier molecular flexibility index (Phi) is 3.15. The highest BCUT2D eigenvalue weighted by atomic mass is 16.2. The number of amides is 2. The van der Waals surface area contributed by atoms with Crippen LogP contribution < -0.4 is 11.2 Å². The van der Waals surface area contributed by atoms with Gasteiger partial charge in [-0.1, -0.05) is 18.2 Å². The standard InChI is InChI=1S/C11H11N5O/c12-11(17)16-15-5-8-2-1-3-9(4-8)10-6-13-7-14-10/h1-7H,(H,13,14)(H3,12,16,17). The number of carbonyl (C=O) groups is 1. The van der Waals surface area contributed by atoms with Crippen molar-refractivity contribution < 1.29 is 4.79 Å². The molecule has 86 valence electrons. The first-order valence-corrected chi connectivity index (χ1v) is 4.93. The maximum Gasteiger partial charge on any atom is 0.332 e. The van der Waals surface area contributed by atoms with Crippen LogP contribution in [-0.2, 0) is 0 Å². The summed E-state index contributed by atoms with van der Waals surface area (Å²) in [5.41, 5.74) is 9.79. The van der Waals surface area contributed by atoms with E-state index in [1.807, 2.05) is 24.3 Å². The Labute approximate surface area is 97.6 Å². The molecule has 0 aliphatic heterocycles. The molecule has 0 spiro atoms. The number of aromatic amines is 1. The molecule has 2 amide bonds. The van der Waals surface area contributed by atoms with Gasteiger partial charge >= 0.3 is 6.03 Å². The molecule has 0 saturated carbocycles. The lowest BCUT2D eigenvalue weighted by Crippen LogP contribution is -2.24. The van der Waals surface area contributed by atoms with Crippen LogP contribution in [0.2, 0.25) is 0 Å². The Morgan fingerprint density at radius 3 is 3.12 bits per heavy atom. The molecule has 0 aliphatic carbocycles. The molecule has 1 aromatic heterocycles. The van der Waals surface area contributed by atoms with Gasteiger partial charge in [0.1, 0.15) is 0 Å². The molecule has 6 heteroatoms. The van der Waals surface area contributed by atoms with Crippen LogP contribution in [0, 0.1) is 0 Å². The predicted molar refractivity (Wildman–Crippen MR) is 64.3 cm³/mol. The lowest BCUT2D eigenvalue weighted by atomic mass is 10.1. The van der Waals surface area contributed by atoms with Gasteiger partial charge in [-0.05, 0) is 11.6 Å². The molecule has 0 atom stereocenters. The molecule has 0 unspecified atom stereocenters. The maximum absolute atomic E-state index is 10.4. The minimum Gasteiger partial charge on any atom is -0.350 e. The fourth-order valence-electron chi connectivity index (χ4n) is 1.37. The molecule has 0 bridgehead atoms. The van der Waals surface area contributed by atoms with Gasteiger partial charge in [0.05, 0.1) is 24.4 Å².